The zero-order chi connectivity index (χ0) is 18.0. The molecule has 6 nitrogen and oxygen atoms in total. The first-order chi connectivity index (χ1) is 12.7. The number of hydrogen-bond acceptors (Lipinski definition) is 5. The van der Waals surface area contributed by atoms with Crippen molar-refractivity contribution in [3.63, 3.8) is 0 Å². The summed E-state index contributed by atoms with van der Waals surface area (Å²) in [6.45, 7) is 3.49. The first-order valence-electron chi connectivity index (χ1n) is 9.61. The molecular formula is C20H28N2O4. The van der Waals surface area contributed by atoms with Gasteiger partial charge in [-0.05, 0) is 36.5 Å². The standard InChI is InChI=1S/C20H28N2O4/c1-24-17-6-4-16(5-7-17)19(15-2-3-15)21-18(23)14-22-10-8-20(9-11-22)25-12-13-26-20/h4-7,15,19H,2-3,8-14H2,1H3,(H,21,23). The van der Waals surface area contributed by atoms with E-state index in [1.54, 1.807) is 7.11 Å². The van der Waals surface area contributed by atoms with Gasteiger partial charge in [0.25, 0.3) is 0 Å². The van der Waals surface area contributed by atoms with E-state index in [-0.39, 0.29) is 17.7 Å². The number of likely N-dealkylation sites (tertiary alicyclic amines) is 1. The monoisotopic (exact) mass is 360 g/mol. The topological polar surface area (TPSA) is 60.0 Å². The number of nitrogens with one attached hydrogen (secondary N) is 1. The minimum Gasteiger partial charge on any atom is -0.497 e. The predicted molar refractivity (Wildman–Crippen MR) is 96.9 cm³/mol. The van der Waals surface area contributed by atoms with Gasteiger partial charge in [0, 0.05) is 25.9 Å². The number of ether oxygens (including phenoxy) is 3. The third-order valence-corrected chi connectivity index (χ3v) is 5.68. The van der Waals surface area contributed by atoms with Crippen LogP contribution in [0, 0.1) is 5.92 Å². The molecule has 3 aliphatic rings. The van der Waals surface area contributed by atoms with E-state index in [4.69, 9.17) is 14.2 Å². The van der Waals surface area contributed by atoms with Gasteiger partial charge in [0.1, 0.15) is 5.75 Å². The van der Waals surface area contributed by atoms with Gasteiger partial charge in [-0.1, -0.05) is 12.1 Å². The molecule has 0 bridgehead atoms. The molecule has 0 aromatic heterocycles. The third-order valence-electron chi connectivity index (χ3n) is 5.68. The van der Waals surface area contributed by atoms with Crippen molar-refractivity contribution in [2.24, 2.45) is 5.92 Å². The lowest BCUT2D eigenvalue weighted by Crippen LogP contribution is -2.48. The van der Waals surface area contributed by atoms with Gasteiger partial charge in [-0.15, -0.1) is 0 Å². The van der Waals surface area contributed by atoms with Crippen LogP contribution < -0.4 is 10.1 Å². The minimum atomic E-state index is -0.382. The summed E-state index contributed by atoms with van der Waals surface area (Å²) in [5.74, 6) is 1.11. The lowest BCUT2D eigenvalue weighted by Gasteiger charge is -2.37. The molecule has 6 heteroatoms. The van der Waals surface area contributed by atoms with Crippen LogP contribution in [0.3, 0.4) is 0 Å². The van der Waals surface area contributed by atoms with Gasteiger partial charge in [0.15, 0.2) is 5.79 Å². The average molecular weight is 360 g/mol. The molecule has 2 saturated heterocycles. The number of carbonyl (C=O) groups excluding carboxylic acids is 1. The Morgan fingerprint density at radius 2 is 1.88 bits per heavy atom. The van der Waals surface area contributed by atoms with Gasteiger partial charge in [-0.25, -0.2) is 0 Å². The van der Waals surface area contributed by atoms with Gasteiger partial charge < -0.3 is 19.5 Å². The van der Waals surface area contributed by atoms with Crippen molar-refractivity contribution in [1.29, 1.82) is 0 Å². The average Bonchev–Trinajstić information content (AvgIpc) is 3.42. The van der Waals surface area contributed by atoms with E-state index in [0.717, 1.165) is 37.2 Å². The predicted octanol–water partition coefficient (Wildman–Crippen LogP) is 2.10. The van der Waals surface area contributed by atoms with Crippen LogP contribution in [-0.2, 0) is 14.3 Å². The first kappa shape index (κ1) is 17.8. The van der Waals surface area contributed by atoms with Gasteiger partial charge in [0.05, 0.1) is 32.9 Å². The normalized spacial score (nSPS) is 23.7. The maximum absolute atomic E-state index is 12.6. The van der Waals surface area contributed by atoms with E-state index in [1.165, 1.54) is 12.8 Å². The summed E-state index contributed by atoms with van der Waals surface area (Å²) in [5.41, 5.74) is 1.16. The van der Waals surface area contributed by atoms with Crippen LogP contribution in [0.5, 0.6) is 5.75 Å². The highest BCUT2D eigenvalue weighted by Crippen LogP contribution is 2.41. The van der Waals surface area contributed by atoms with E-state index in [2.05, 4.69) is 22.3 Å². The molecule has 2 aliphatic heterocycles. The van der Waals surface area contributed by atoms with E-state index in [1.807, 2.05) is 12.1 Å². The molecule has 1 aliphatic carbocycles. The molecule has 3 fully saturated rings. The summed E-state index contributed by atoms with van der Waals surface area (Å²) in [7, 11) is 1.67. The Labute approximate surface area is 154 Å². The molecule has 4 rings (SSSR count). The number of amides is 1. The fourth-order valence-corrected chi connectivity index (χ4v) is 3.97. The zero-order valence-corrected chi connectivity index (χ0v) is 15.4. The largest absolute Gasteiger partial charge is 0.497 e. The van der Waals surface area contributed by atoms with Crippen LogP contribution in [0.4, 0.5) is 0 Å². The number of hydrogen-bond donors (Lipinski definition) is 1. The molecule has 26 heavy (non-hydrogen) atoms. The van der Waals surface area contributed by atoms with E-state index < -0.39 is 0 Å². The van der Waals surface area contributed by atoms with Gasteiger partial charge in [-0.2, -0.15) is 0 Å². The molecular weight excluding hydrogens is 332 g/mol. The molecule has 1 N–H and O–H groups in total. The second-order valence-electron chi connectivity index (χ2n) is 7.54. The number of rotatable bonds is 6. The SMILES string of the molecule is COc1ccc(C(NC(=O)CN2CCC3(CC2)OCCO3)C2CC2)cc1. The summed E-state index contributed by atoms with van der Waals surface area (Å²) in [6, 6.07) is 8.14. The van der Waals surface area contributed by atoms with Crippen LogP contribution in [-0.4, -0.2) is 56.6 Å². The van der Waals surface area contributed by atoms with Gasteiger partial charge in [0.2, 0.25) is 5.91 Å². The second-order valence-corrected chi connectivity index (χ2v) is 7.54. The van der Waals surface area contributed by atoms with Crippen LogP contribution in [0.15, 0.2) is 24.3 Å². The van der Waals surface area contributed by atoms with Crippen molar-refractivity contribution < 1.29 is 19.0 Å². The molecule has 1 aromatic carbocycles. The fraction of sp³-hybridized carbons (Fsp3) is 0.650. The maximum Gasteiger partial charge on any atom is 0.234 e. The van der Waals surface area contributed by atoms with Crippen LogP contribution in [0.25, 0.3) is 0 Å². The number of benzene rings is 1. The third kappa shape index (κ3) is 4.03. The first-order valence-corrected chi connectivity index (χ1v) is 9.61. The lowest BCUT2D eigenvalue weighted by molar-refractivity contribution is -0.185. The van der Waals surface area contributed by atoms with Gasteiger partial charge in [-0.3, -0.25) is 9.69 Å². The molecule has 1 atom stereocenters. The Kier molecular flexibility index (Phi) is 5.16. The quantitative estimate of drug-likeness (QED) is 0.842. The highest BCUT2D eigenvalue weighted by Gasteiger charge is 2.40. The van der Waals surface area contributed by atoms with E-state index in [9.17, 15) is 4.79 Å². The highest BCUT2D eigenvalue weighted by molar-refractivity contribution is 5.78. The van der Waals surface area contributed by atoms with Crippen LogP contribution in [0.1, 0.15) is 37.3 Å². The Bertz CT molecular complexity index is 613. The van der Waals surface area contributed by atoms with E-state index >= 15 is 0 Å². The smallest absolute Gasteiger partial charge is 0.234 e. The summed E-state index contributed by atoms with van der Waals surface area (Å²) in [6.07, 6.45) is 4.03. The summed E-state index contributed by atoms with van der Waals surface area (Å²) in [4.78, 5) is 14.8. The maximum atomic E-state index is 12.6. The Balaban J connectivity index is 1.31. The molecule has 0 radical (unpaired) electrons. The molecule has 2 heterocycles. The highest BCUT2D eigenvalue weighted by atomic mass is 16.7. The van der Waals surface area contributed by atoms with Crippen molar-refractivity contribution >= 4 is 5.91 Å². The van der Waals surface area contributed by atoms with Crippen molar-refractivity contribution in [3.8, 4) is 5.75 Å². The summed E-state index contributed by atoms with van der Waals surface area (Å²) in [5, 5.41) is 3.26. The van der Waals surface area contributed by atoms with Crippen LogP contribution >= 0.6 is 0 Å². The number of carbonyl (C=O) groups is 1. The lowest BCUT2D eigenvalue weighted by atomic mass is 10.0. The van der Waals surface area contributed by atoms with Crippen molar-refractivity contribution in [3.05, 3.63) is 29.8 Å². The fourth-order valence-electron chi connectivity index (χ4n) is 3.97. The molecule has 1 aromatic rings. The number of piperidine rings is 1. The van der Waals surface area contributed by atoms with E-state index in [0.29, 0.717) is 25.7 Å². The summed E-state index contributed by atoms with van der Waals surface area (Å²) < 4.78 is 16.7. The van der Waals surface area contributed by atoms with Crippen LogP contribution in [0.2, 0.25) is 0 Å². The Morgan fingerprint density at radius 1 is 1.23 bits per heavy atom. The Hall–Kier alpha value is -1.63. The molecule has 1 spiro atoms. The second kappa shape index (κ2) is 7.55. The van der Waals surface area contributed by atoms with Crippen molar-refractivity contribution in [2.45, 2.75) is 37.5 Å². The molecule has 1 amide bonds. The Morgan fingerprint density at radius 3 is 2.46 bits per heavy atom. The van der Waals surface area contributed by atoms with Crippen molar-refractivity contribution in [1.82, 2.24) is 10.2 Å². The minimum absolute atomic E-state index is 0.0990. The molecule has 1 saturated carbocycles. The number of methoxy groups -OCH3 is 1. The summed E-state index contributed by atoms with van der Waals surface area (Å²) >= 11 is 0. The number of nitrogens with zero attached hydrogens (tertiary/aromatic N) is 1. The van der Waals surface area contributed by atoms with Crippen molar-refractivity contribution in [2.75, 3.05) is 40.0 Å². The zero-order valence-electron chi connectivity index (χ0n) is 15.4. The molecule has 1 unspecified atom stereocenters. The van der Waals surface area contributed by atoms with Gasteiger partial charge >= 0.3 is 0 Å². The molecule has 142 valence electrons.